The van der Waals surface area contributed by atoms with E-state index < -0.39 is 0 Å². The Balaban J connectivity index is 1.65. The van der Waals surface area contributed by atoms with Crippen molar-refractivity contribution in [2.75, 3.05) is 11.9 Å². The third kappa shape index (κ3) is 3.17. The molecule has 0 unspecified atom stereocenters. The van der Waals surface area contributed by atoms with Crippen LogP contribution in [0.1, 0.15) is 34.2 Å². The Kier molecular flexibility index (Phi) is 4.36. The Morgan fingerprint density at radius 3 is 2.74 bits per heavy atom. The number of thiazole rings is 1. The second-order valence-electron chi connectivity index (χ2n) is 6.52. The topological polar surface area (TPSA) is 64.4 Å². The number of anilines is 1. The Bertz CT molecular complexity index is 1170. The first kappa shape index (κ1) is 17.5. The predicted octanol–water partition coefficient (Wildman–Crippen LogP) is 5.62. The van der Waals surface area contributed by atoms with Crippen molar-refractivity contribution in [1.29, 1.82) is 0 Å². The van der Waals surface area contributed by atoms with Gasteiger partial charge in [0.25, 0.3) is 5.91 Å². The summed E-state index contributed by atoms with van der Waals surface area (Å²) in [4.78, 5) is 17.2. The smallest absolute Gasteiger partial charge is 0.293 e. The highest BCUT2D eigenvalue weighted by molar-refractivity contribution is 7.22. The molecule has 0 fully saturated rings. The van der Waals surface area contributed by atoms with E-state index in [1.54, 1.807) is 0 Å². The van der Waals surface area contributed by atoms with Gasteiger partial charge in [-0.2, -0.15) is 0 Å². The van der Waals surface area contributed by atoms with Crippen molar-refractivity contribution in [3.63, 3.8) is 0 Å². The summed E-state index contributed by atoms with van der Waals surface area (Å²) in [5.41, 5.74) is 4.71. The van der Waals surface area contributed by atoms with Crippen molar-refractivity contribution in [1.82, 2.24) is 4.98 Å². The van der Waals surface area contributed by atoms with E-state index in [4.69, 9.17) is 9.15 Å². The van der Waals surface area contributed by atoms with Gasteiger partial charge in [0.2, 0.25) is 0 Å². The van der Waals surface area contributed by atoms with E-state index in [1.807, 2.05) is 45.0 Å². The van der Waals surface area contributed by atoms with Crippen LogP contribution in [0.15, 0.2) is 34.7 Å². The number of carbonyl (C=O) groups is 1. The summed E-state index contributed by atoms with van der Waals surface area (Å²) in [5, 5.41) is 4.37. The van der Waals surface area contributed by atoms with Crippen LogP contribution in [0.2, 0.25) is 0 Å². The summed E-state index contributed by atoms with van der Waals surface area (Å²) in [6.45, 7) is 8.55. The molecular formula is C21H20N2O3S. The van der Waals surface area contributed by atoms with Crippen LogP contribution in [-0.2, 0) is 0 Å². The second-order valence-corrected chi connectivity index (χ2v) is 7.56. The molecule has 1 amide bonds. The number of amides is 1. The average molecular weight is 380 g/mol. The van der Waals surface area contributed by atoms with Crippen molar-refractivity contribution < 1.29 is 13.9 Å². The number of nitrogens with zero attached hydrogens (tertiary/aromatic N) is 1. The van der Waals surface area contributed by atoms with Crippen LogP contribution in [0.5, 0.6) is 5.75 Å². The molecule has 2 aromatic carbocycles. The number of fused-ring (bicyclic) bond motifs is 2. The van der Waals surface area contributed by atoms with Gasteiger partial charge in [0.15, 0.2) is 10.9 Å². The Morgan fingerprint density at radius 2 is 1.96 bits per heavy atom. The van der Waals surface area contributed by atoms with E-state index in [-0.39, 0.29) is 5.91 Å². The van der Waals surface area contributed by atoms with E-state index in [2.05, 4.69) is 23.3 Å². The molecule has 6 heteroatoms. The molecule has 4 aromatic rings. The first-order valence-electron chi connectivity index (χ1n) is 8.81. The molecule has 1 N–H and O–H groups in total. The zero-order valence-corrected chi connectivity index (χ0v) is 16.5. The highest BCUT2D eigenvalue weighted by Gasteiger charge is 2.19. The average Bonchev–Trinajstić information content (AvgIpc) is 3.16. The van der Waals surface area contributed by atoms with Crippen molar-refractivity contribution >= 4 is 43.6 Å². The van der Waals surface area contributed by atoms with E-state index in [9.17, 15) is 4.79 Å². The van der Waals surface area contributed by atoms with Gasteiger partial charge >= 0.3 is 0 Å². The molecule has 0 atom stereocenters. The van der Waals surface area contributed by atoms with E-state index in [0.29, 0.717) is 17.5 Å². The molecule has 0 aliphatic heterocycles. The lowest BCUT2D eigenvalue weighted by atomic mass is 10.1. The summed E-state index contributed by atoms with van der Waals surface area (Å²) >= 11 is 1.41. The maximum Gasteiger partial charge on any atom is 0.293 e. The van der Waals surface area contributed by atoms with Gasteiger partial charge in [-0.15, -0.1) is 0 Å². The predicted molar refractivity (Wildman–Crippen MR) is 109 cm³/mol. The first-order valence-corrected chi connectivity index (χ1v) is 9.63. The van der Waals surface area contributed by atoms with E-state index >= 15 is 0 Å². The standard InChI is InChI=1S/C21H20N2O3S/c1-5-25-14-6-7-16-18(10-14)27-21(22-16)23-20(24)19-13(4)15-8-11(2)12(3)9-17(15)26-19/h6-10H,5H2,1-4H3,(H,22,23,24). The molecule has 138 valence electrons. The van der Waals surface area contributed by atoms with Gasteiger partial charge in [-0.3, -0.25) is 10.1 Å². The largest absolute Gasteiger partial charge is 0.494 e. The number of furan rings is 1. The number of nitrogens with one attached hydrogen (secondary N) is 1. The Labute approximate surface area is 161 Å². The summed E-state index contributed by atoms with van der Waals surface area (Å²) in [6, 6.07) is 9.74. The van der Waals surface area contributed by atoms with Gasteiger partial charge < -0.3 is 9.15 Å². The molecular weight excluding hydrogens is 360 g/mol. The van der Waals surface area contributed by atoms with E-state index in [0.717, 1.165) is 38.1 Å². The molecule has 0 bridgehead atoms. The van der Waals surface area contributed by atoms with Crippen molar-refractivity contribution in [2.24, 2.45) is 0 Å². The number of hydrogen-bond donors (Lipinski definition) is 1. The molecule has 5 nitrogen and oxygen atoms in total. The zero-order valence-electron chi connectivity index (χ0n) is 15.7. The number of hydrogen-bond acceptors (Lipinski definition) is 5. The molecule has 0 aliphatic carbocycles. The van der Waals surface area contributed by atoms with Crippen LogP contribution >= 0.6 is 11.3 Å². The Morgan fingerprint density at radius 1 is 1.19 bits per heavy atom. The van der Waals surface area contributed by atoms with Gasteiger partial charge in [-0.05, 0) is 69.2 Å². The van der Waals surface area contributed by atoms with Crippen molar-refractivity contribution in [3.05, 3.63) is 52.8 Å². The van der Waals surface area contributed by atoms with Gasteiger partial charge in [0.05, 0.1) is 16.8 Å². The molecule has 0 radical (unpaired) electrons. The highest BCUT2D eigenvalue weighted by atomic mass is 32.1. The number of carbonyl (C=O) groups excluding carboxylic acids is 1. The third-order valence-electron chi connectivity index (χ3n) is 4.65. The van der Waals surface area contributed by atoms with E-state index in [1.165, 1.54) is 16.9 Å². The summed E-state index contributed by atoms with van der Waals surface area (Å²) in [6.07, 6.45) is 0. The maximum absolute atomic E-state index is 12.8. The lowest BCUT2D eigenvalue weighted by Crippen LogP contribution is -2.11. The van der Waals surface area contributed by atoms with Crippen LogP contribution in [0, 0.1) is 20.8 Å². The quantitative estimate of drug-likeness (QED) is 0.499. The molecule has 0 saturated heterocycles. The normalized spacial score (nSPS) is 11.3. The SMILES string of the molecule is CCOc1ccc2nc(NC(=O)c3oc4cc(C)c(C)cc4c3C)sc2c1. The first-order chi connectivity index (χ1) is 13.0. The monoisotopic (exact) mass is 380 g/mol. The number of aryl methyl sites for hydroxylation is 3. The number of ether oxygens (including phenoxy) is 1. The fraction of sp³-hybridized carbons (Fsp3) is 0.238. The second kappa shape index (κ2) is 6.70. The zero-order chi connectivity index (χ0) is 19.1. The minimum atomic E-state index is -0.289. The highest BCUT2D eigenvalue weighted by Crippen LogP contribution is 2.31. The van der Waals surface area contributed by atoms with Crippen molar-refractivity contribution in [2.45, 2.75) is 27.7 Å². The Hall–Kier alpha value is -2.86. The summed E-state index contributed by atoms with van der Waals surface area (Å²) in [5.74, 6) is 0.831. The molecule has 4 rings (SSSR count). The molecule has 0 saturated carbocycles. The van der Waals surface area contributed by atoms with Crippen molar-refractivity contribution in [3.8, 4) is 5.75 Å². The number of rotatable bonds is 4. The molecule has 2 heterocycles. The van der Waals surface area contributed by atoms with Gasteiger partial charge in [0.1, 0.15) is 11.3 Å². The molecule has 27 heavy (non-hydrogen) atoms. The maximum atomic E-state index is 12.8. The van der Waals surface area contributed by atoms with Crippen LogP contribution in [-0.4, -0.2) is 17.5 Å². The van der Waals surface area contributed by atoms with Crippen LogP contribution < -0.4 is 10.1 Å². The van der Waals surface area contributed by atoms with Crippen LogP contribution in [0.4, 0.5) is 5.13 Å². The van der Waals surface area contributed by atoms with Crippen LogP contribution in [0.25, 0.3) is 21.2 Å². The minimum Gasteiger partial charge on any atom is -0.494 e. The molecule has 0 aliphatic rings. The van der Waals surface area contributed by atoms with Gasteiger partial charge in [0, 0.05) is 10.9 Å². The fourth-order valence-corrected chi connectivity index (χ4v) is 3.95. The minimum absolute atomic E-state index is 0.289. The molecule has 2 aromatic heterocycles. The lowest BCUT2D eigenvalue weighted by Gasteiger charge is -2.00. The number of benzene rings is 2. The third-order valence-corrected chi connectivity index (χ3v) is 5.58. The van der Waals surface area contributed by atoms with Crippen LogP contribution in [0.3, 0.4) is 0 Å². The van der Waals surface area contributed by atoms with Gasteiger partial charge in [-0.1, -0.05) is 11.3 Å². The lowest BCUT2D eigenvalue weighted by molar-refractivity contribution is 0.0998. The molecule has 0 spiro atoms. The summed E-state index contributed by atoms with van der Waals surface area (Å²) in [7, 11) is 0. The fourth-order valence-electron chi connectivity index (χ4n) is 3.06. The number of aromatic nitrogens is 1. The summed E-state index contributed by atoms with van der Waals surface area (Å²) < 4.78 is 12.3. The van der Waals surface area contributed by atoms with Gasteiger partial charge in [-0.25, -0.2) is 4.98 Å².